The van der Waals surface area contributed by atoms with Gasteiger partial charge in [0, 0.05) is 25.9 Å². The first-order valence-corrected chi connectivity index (χ1v) is 9.70. The Balaban J connectivity index is 2.20. The summed E-state index contributed by atoms with van der Waals surface area (Å²) in [5, 5.41) is 17.2. The second kappa shape index (κ2) is 14.1. The van der Waals surface area contributed by atoms with Crippen LogP contribution in [-0.4, -0.2) is 66.4 Å². The summed E-state index contributed by atoms with van der Waals surface area (Å²) in [7, 11) is 0. The maximum Gasteiger partial charge on any atom is 0.309 e. The maximum absolute atomic E-state index is 12.2. The summed E-state index contributed by atoms with van der Waals surface area (Å²) in [6.45, 7) is 0.737. The minimum absolute atomic E-state index is 0.0173. The van der Waals surface area contributed by atoms with Gasteiger partial charge < -0.3 is 24.4 Å². The van der Waals surface area contributed by atoms with Crippen molar-refractivity contribution >= 4 is 23.7 Å². The van der Waals surface area contributed by atoms with Gasteiger partial charge in [-0.25, -0.2) is 0 Å². The lowest BCUT2D eigenvalue weighted by Gasteiger charge is -2.15. The summed E-state index contributed by atoms with van der Waals surface area (Å²) < 4.78 is 15.5. The zero-order valence-corrected chi connectivity index (χ0v) is 16.1. The van der Waals surface area contributed by atoms with Gasteiger partial charge in [0.2, 0.25) is 0 Å². The monoisotopic (exact) mass is 402 g/mol. The van der Waals surface area contributed by atoms with Crippen LogP contribution in [0.5, 0.6) is 0 Å². The van der Waals surface area contributed by atoms with E-state index in [1.54, 1.807) is 0 Å². The van der Waals surface area contributed by atoms with Crippen LogP contribution in [0.4, 0.5) is 0 Å². The van der Waals surface area contributed by atoms with Gasteiger partial charge in [0.05, 0.1) is 38.3 Å². The molecule has 2 atom stereocenters. The molecule has 2 unspecified atom stereocenters. The van der Waals surface area contributed by atoms with Gasteiger partial charge in [-0.15, -0.1) is 0 Å². The Morgan fingerprint density at radius 3 is 2.32 bits per heavy atom. The first-order chi connectivity index (χ1) is 13.4. The van der Waals surface area contributed by atoms with Crippen LogP contribution < -0.4 is 0 Å². The van der Waals surface area contributed by atoms with Gasteiger partial charge in [-0.1, -0.05) is 0 Å². The van der Waals surface area contributed by atoms with E-state index < -0.39 is 11.9 Å². The molecule has 0 saturated carbocycles. The third-order valence-corrected chi connectivity index (χ3v) is 4.27. The number of unbranched alkanes of at least 4 members (excludes halogenated alkanes) is 1. The number of hydrogen-bond acceptors (Lipinski definition) is 8. The molecular formula is C19H30O9. The van der Waals surface area contributed by atoms with E-state index in [1.165, 1.54) is 0 Å². The summed E-state index contributed by atoms with van der Waals surface area (Å²) in [5.41, 5.74) is 0. The number of aliphatic hydroxyl groups is 1. The van der Waals surface area contributed by atoms with Gasteiger partial charge in [-0.3, -0.25) is 19.2 Å². The van der Waals surface area contributed by atoms with Crippen molar-refractivity contribution in [3.05, 3.63) is 0 Å². The first-order valence-electron chi connectivity index (χ1n) is 9.70. The Morgan fingerprint density at radius 2 is 1.68 bits per heavy atom. The molecule has 1 fully saturated rings. The molecule has 1 saturated heterocycles. The number of carbonyl (C=O) groups excluding carboxylic acids is 3. The van der Waals surface area contributed by atoms with Crippen molar-refractivity contribution < 1.29 is 43.6 Å². The summed E-state index contributed by atoms with van der Waals surface area (Å²) in [4.78, 5) is 45.5. The van der Waals surface area contributed by atoms with E-state index in [-0.39, 0.29) is 69.3 Å². The number of rotatable bonds is 17. The highest BCUT2D eigenvalue weighted by Crippen LogP contribution is 2.24. The maximum atomic E-state index is 12.2. The number of esters is 2. The van der Waals surface area contributed by atoms with Gasteiger partial charge in [-0.2, -0.15) is 0 Å². The van der Waals surface area contributed by atoms with Crippen LogP contribution in [0.1, 0.15) is 57.8 Å². The van der Waals surface area contributed by atoms with Crippen molar-refractivity contribution in [1.29, 1.82) is 0 Å². The lowest BCUT2D eigenvalue weighted by atomic mass is 9.98. The molecular weight excluding hydrogens is 372 g/mol. The van der Waals surface area contributed by atoms with E-state index in [4.69, 9.17) is 24.4 Å². The van der Waals surface area contributed by atoms with E-state index in [1.807, 2.05) is 0 Å². The molecule has 0 aromatic carbocycles. The first kappa shape index (κ1) is 24.0. The lowest BCUT2D eigenvalue weighted by molar-refractivity contribution is -0.149. The number of aliphatic hydroxyl groups excluding tert-OH is 1. The number of carboxylic acids is 1. The molecule has 1 heterocycles. The molecule has 0 spiro atoms. The number of carboxylic acid groups (broad SMARTS) is 1. The van der Waals surface area contributed by atoms with Crippen LogP contribution >= 0.6 is 0 Å². The predicted octanol–water partition coefficient (Wildman–Crippen LogP) is 1.24. The number of aliphatic carboxylic acids is 1. The van der Waals surface area contributed by atoms with Crippen molar-refractivity contribution in [3.8, 4) is 0 Å². The summed E-state index contributed by atoms with van der Waals surface area (Å²) in [6, 6.07) is 0. The number of ether oxygens (including phenoxy) is 3. The van der Waals surface area contributed by atoms with E-state index in [2.05, 4.69) is 0 Å². The zero-order chi connectivity index (χ0) is 20.8. The quantitative estimate of drug-likeness (QED) is 0.209. The van der Waals surface area contributed by atoms with Gasteiger partial charge >= 0.3 is 17.9 Å². The second-order valence-corrected chi connectivity index (χ2v) is 6.78. The molecule has 160 valence electrons. The molecule has 9 heteroatoms. The summed E-state index contributed by atoms with van der Waals surface area (Å²) in [6.07, 6.45) is 2.66. The summed E-state index contributed by atoms with van der Waals surface area (Å²) in [5.74, 6) is -2.23. The fourth-order valence-electron chi connectivity index (χ4n) is 2.60. The number of hydrogen-bond donors (Lipinski definition) is 2. The lowest BCUT2D eigenvalue weighted by Crippen LogP contribution is -2.21. The van der Waals surface area contributed by atoms with E-state index in [9.17, 15) is 19.2 Å². The van der Waals surface area contributed by atoms with Crippen LogP contribution in [0, 0.1) is 5.92 Å². The topological polar surface area (TPSA) is 140 Å². The zero-order valence-electron chi connectivity index (χ0n) is 16.1. The molecule has 0 bridgehead atoms. The van der Waals surface area contributed by atoms with E-state index >= 15 is 0 Å². The van der Waals surface area contributed by atoms with Crippen molar-refractivity contribution in [1.82, 2.24) is 0 Å². The molecule has 1 rings (SSSR count). The molecule has 28 heavy (non-hydrogen) atoms. The second-order valence-electron chi connectivity index (χ2n) is 6.78. The normalized spacial score (nSPS) is 16.2. The highest BCUT2D eigenvalue weighted by atomic mass is 16.6. The van der Waals surface area contributed by atoms with Crippen molar-refractivity contribution in [2.24, 2.45) is 5.92 Å². The average Bonchev–Trinajstić information content (AvgIpc) is 3.46. The highest BCUT2D eigenvalue weighted by molar-refractivity contribution is 5.82. The number of Topliss-reactive ketones (excluding diaryl/α,β-unsaturated/α-hetero) is 1. The Labute approximate surface area is 164 Å². The van der Waals surface area contributed by atoms with Crippen molar-refractivity contribution in [2.45, 2.75) is 63.9 Å². The summed E-state index contributed by atoms with van der Waals surface area (Å²) >= 11 is 0. The van der Waals surface area contributed by atoms with E-state index in [0.717, 1.165) is 0 Å². The van der Waals surface area contributed by atoms with Crippen LogP contribution in [0.3, 0.4) is 0 Å². The highest BCUT2D eigenvalue weighted by Gasteiger charge is 2.31. The molecule has 0 radical (unpaired) electrons. The SMILES string of the molecule is O=C(O)CCCCOC(=O)C(CCCOC(=O)CCC(=O)CCO)CC1CO1. The van der Waals surface area contributed by atoms with Gasteiger partial charge in [0.1, 0.15) is 5.78 Å². The molecule has 1 aliphatic rings. The number of epoxide rings is 1. The Bertz CT molecular complexity index is 514. The van der Waals surface area contributed by atoms with Crippen molar-refractivity contribution in [2.75, 3.05) is 26.4 Å². The predicted molar refractivity (Wildman–Crippen MR) is 96.4 cm³/mol. The Morgan fingerprint density at radius 1 is 0.964 bits per heavy atom. The van der Waals surface area contributed by atoms with Crippen molar-refractivity contribution in [3.63, 3.8) is 0 Å². The Hall–Kier alpha value is -2.00. The fraction of sp³-hybridized carbons (Fsp3) is 0.789. The number of ketones is 1. The standard InChI is InChI=1S/C19H30O9/c20-9-8-15(21)6-7-18(24)26-11-3-4-14(12-16-13-28-16)19(25)27-10-2-1-5-17(22)23/h14,16,20H,1-13H2,(H,22,23). The van der Waals surface area contributed by atoms with Gasteiger partial charge in [0.15, 0.2) is 0 Å². The molecule has 9 nitrogen and oxygen atoms in total. The minimum Gasteiger partial charge on any atom is -0.481 e. The molecule has 0 aromatic heterocycles. The number of carbonyl (C=O) groups is 4. The third kappa shape index (κ3) is 12.4. The molecule has 0 amide bonds. The van der Waals surface area contributed by atoms with Gasteiger partial charge in [-0.05, 0) is 32.1 Å². The Kier molecular flexibility index (Phi) is 12.1. The van der Waals surface area contributed by atoms with Crippen LogP contribution in [-0.2, 0) is 33.4 Å². The minimum atomic E-state index is -0.873. The largest absolute Gasteiger partial charge is 0.481 e. The fourth-order valence-corrected chi connectivity index (χ4v) is 2.60. The van der Waals surface area contributed by atoms with Crippen LogP contribution in [0.2, 0.25) is 0 Å². The van der Waals surface area contributed by atoms with E-state index in [0.29, 0.717) is 38.7 Å². The molecule has 2 N–H and O–H groups in total. The average molecular weight is 402 g/mol. The molecule has 0 aliphatic carbocycles. The van der Waals surface area contributed by atoms with Gasteiger partial charge in [0.25, 0.3) is 0 Å². The van der Waals surface area contributed by atoms with Crippen LogP contribution in [0.15, 0.2) is 0 Å². The third-order valence-electron chi connectivity index (χ3n) is 4.27. The smallest absolute Gasteiger partial charge is 0.309 e. The molecule has 1 aliphatic heterocycles. The van der Waals surface area contributed by atoms with Crippen LogP contribution in [0.25, 0.3) is 0 Å². The molecule has 0 aromatic rings.